The van der Waals surface area contributed by atoms with Crippen LogP contribution in [0.4, 0.5) is 0 Å². The predicted octanol–water partition coefficient (Wildman–Crippen LogP) is 1.43. The van der Waals surface area contributed by atoms with Crippen molar-refractivity contribution in [3.8, 4) is 5.75 Å². The van der Waals surface area contributed by atoms with E-state index in [1.54, 1.807) is 14.0 Å². The molecule has 0 radical (unpaired) electrons. The van der Waals surface area contributed by atoms with Crippen LogP contribution in [0.2, 0.25) is 0 Å². The zero-order valence-corrected chi connectivity index (χ0v) is 9.18. The van der Waals surface area contributed by atoms with Crippen LogP contribution in [0.25, 0.3) is 0 Å². The lowest BCUT2D eigenvalue weighted by atomic mass is 10.1. The Hall–Kier alpha value is -1.88. The number of aromatic nitrogens is 2. The maximum absolute atomic E-state index is 6.04. The Bertz CT molecular complexity index is 482. The fourth-order valence-corrected chi connectivity index (χ4v) is 1.50. The van der Waals surface area contributed by atoms with Crippen molar-refractivity contribution < 1.29 is 9.26 Å². The smallest absolute Gasteiger partial charge is 0.223 e. The van der Waals surface area contributed by atoms with Gasteiger partial charge in [0.05, 0.1) is 13.2 Å². The summed E-state index contributed by atoms with van der Waals surface area (Å²) >= 11 is 0. The maximum atomic E-state index is 6.04. The van der Waals surface area contributed by atoms with Gasteiger partial charge in [-0.2, -0.15) is 4.98 Å². The number of benzene rings is 1. The summed E-state index contributed by atoms with van der Waals surface area (Å²) in [5.74, 6) is 1.68. The van der Waals surface area contributed by atoms with Crippen LogP contribution in [0.3, 0.4) is 0 Å². The van der Waals surface area contributed by atoms with Crippen molar-refractivity contribution in [3.63, 3.8) is 0 Å². The molecule has 1 heterocycles. The molecule has 0 bridgehead atoms. The molecule has 0 amide bonds. The minimum Gasteiger partial charge on any atom is -0.496 e. The number of ether oxygens (including phenoxy) is 1. The van der Waals surface area contributed by atoms with Gasteiger partial charge in [0.15, 0.2) is 5.82 Å². The number of nitrogens with two attached hydrogens (primary N) is 1. The van der Waals surface area contributed by atoms with E-state index in [0.29, 0.717) is 11.7 Å². The van der Waals surface area contributed by atoms with Gasteiger partial charge in [-0.1, -0.05) is 23.4 Å². The van der Waals surface area contributed by atoms with Gasteiger partial charge in [-0.05, 0) is 6.07 Å². The first-order valence-electron chi connectivity index (χ1n) is 4.91. The fourth-order valence-electron chi connectivity index (χ4n) is 1.50. The molecular formula is C11H13N3O2. The lowest BCUT2D eigenvalue weighted by Crippen LogP contribution is -2.14. The van der Waals surface area contributed by atoms with E-state index in [0.717, 1.165) is 11.3 Å². The summed E-state index contributed by atoms with van der Waals surface area (Å²) in [6.07, 6.45) is 0. The second-order valence-electron chi connectivity index (χ2n) is 3.39. The lowest BCUT2D eigenvalue weighted by molar-refractivity contribution is 0.383. The zero-order chi connectivity index (χ0) is 11.5. The Morgan fingerprint density at radius 1 is 1.38 bits per heavy atom. The molecule has 0 fully saturated rings. The standard InChI is InChI=1S/C11H13N3O2/c1-7-13-11(14-16-7)10(12)8-5-3-4-6-9(8)15-2/h3-6,10H,12H2,1-2H3. The van der Waals surface area contributed by atoms with Crippen LogP contribution in [0.15, 0.2) is 28.8 Å². The topological polar surface area (TPSA) is 74.2 Å². The summed E-state index contributed by atoms with van der Waals surface area (Å²) in [5, 5.41) is 3.80. The van der Waals surface area contributed by atoms with Crippen LogP contribution in [-0.2, 0) is 0 Å². The average Bonchev–Trinajstić information content (AvgIpc) is 2.75. The highest BCUT2D eigenvalue weighted by Gasteiger charge is 2.18. The molecule has 16 heavy (non-hydrogen) atoms. The van der Waals surface area contributed by atoms with Crippen molar-refractivity contribution in [2.45, 2.75) is 13.0 Å². The lowest BCUT2D eigenvalue weighted by Gasteiger charge is -2.11. The number of aryl methyl sites for hydroxylation is 1. The van der Waals surface area contributed by atoms with Crippen molar-refractivity contribution >= 4 is 0 Å². The molecule has 0 saturated carbocycles. The Labute approximate surface area is 93.2 Å². The highest BCUT2D eigenvalue weighted by molar-refractivity contribution is 5.38. The van der Waals surface area contributed by atoms with Crippen molar-refractivity contribution in [1.29, 1.82) is 0 Å². The molecule has 1 aromatic heterocycles. The molecule has 1 aromatic carbocycles. The van der Waals surface area contributed by atoms with E-state index in [-0.39, 0.29) is 0 Å². The van der Waals surface area contributed by atoms with Crippen LogP contribution >= 0.6 is 0 Å². The summed E-state index contributed by atoms with van der Waals surface area (Å²) in [7, 11) is 1.60. The van der Waals surface area contributed by atoms with Crippen LogP contribution in [-0.4, -0.2) is 17.3 Å². The second-order valence-corrected chi connectivity index (χ2v) is 3.39. The summed E-state index contributed by atoms with van der Waals surface area (Å²) in [4.78, 5) is 4.10. The van der Waals surface area contributed by atoms with Gasteiger partial charge in [0.25, 0.3) is 0 Å². The normalized spacial score (nSPS) is 12.4. The van der Waals surface area contributed by atoms with Gasteiger partial charge in [0.2, 0.25) is 5.89 Å². The molecule has 84 valence electrons. The number of hydrogen-bond acceptors (Lipinski definition) is 5. The van der Waals surface area contributed by atoms with Gasteiger partial charge < -0.3 is 15.0 Å². The molecule has 2 aromatic rings. The maximum Gasteiger partial charge on any atom is 0.223 e. The third-order valence-electron chi connectivity index (χ3n) is 2.30. The van der Waals surface area contributed by atoms with Crippen LogP contribution in [0, 0.1) is 6.92 Å². The van der Waals surface area contributed by atoms with Crippen LogP contribution < -0.4 is 10.5 Å². The molecular weight excluding hydrogens is 206 g/mol. The minimum atomic E-state index is -0.436. The summed E-state index contributed by atoms with van der Waals surface area (Å²) < 4.78 is 10.1. The highest BCUT2D eigenvalue weighted by Crippen LogP contribution is 2.26. The first-order chi connectivity index (χ1) is 7.72. The Morgan fingerprint density at radius 3 is 2.75 bits per heavy atom. The van der Waals surface area contributed by atoms with Crippen molar-refractivity contribution in [2.75, 3.05) is 7.11 Å². The third kappa shape index (κ3) is 1.90. The van der Waals surface area contributed by atoms with Gasteiger partial charge in [0.1, 0.15) is 5.75 Å². The van der Waals surface area contributed by atoms with Gasteiger partial charge in [0, 0.05) is 12.5 Å². The monoisotopic (exact) mass is 219 g/mol. The molecule has 0 aliphatic heterocycles. The highest BCUT2D eigenvalue weighted by atomic mass is 16.5. The summed E-state index contributed by atoms with van der Waals surface area (Å²) in [6.45, 7) is 1.73. The van der Waals surface area contributed by atoms with Crippen molar-refractivity contribution in [3.05, 3.63) is 41.5 Å². The van der Waals surface area contributed by atoms with Gasteiger partial charge in [-0.25, -0.2) is 0 Å². The number of hydrogen-bond donors (Lipinski definition) is 1. The number of nitrogens with zero attached hydrogens (tertiary/aromatic N) is 2. The van der Waals surface area contributed by atoms with E-state index >= 15 is 0 Å². The fraction of sp³-hybridized carbons (Fsp3) is 0.273. The molecule has 1 unspecified atom stereocenters. The number of rotatable bonds is 3. The van der Waals surface area contributed by atoms with Gasteiger partial charge in [-0.3, -0.25) is 0 Å². The Kier molecular flexibility index (Phi) is 2.87. The van der Waals surface area contributed by atoms with E-state index in [1.807, 2.05) is 24.3 Å². The molecule has 1 atom stereocenters. The van der Waals surface area contributed by atoms with E-state index in [4.69, 9.17) is 15.0 Å². The summed E-state index contributed by atoms with van der Waals surface area (Å²) in [6, 6.07) is 7.08. The minimum absolute atomic E-state index is 0.436. The second kappa shape index (κ2) is 4.32. The average molecular weight is 219 g/mol. The molecule has 5 nitrogen and oxygen atoms in total. The van der Waals surface area contributed by atoms with Crippen molar-refractivity contribution in [1.82, 2.24) is 10.1 Å². The third-order valence-corrected chi connectivity index (χ3v) is 2.30. The number of para-hydroxylation sites is 1. The first-order valence-corrected chi connectivity index (χ1v) is 4.91. The molecule has 2 N–H and O–H groups in total. The molecule has 2 rings (SSSR count). The van der Waals surface area contributed by atoms with E-state index < -0.39 is 6.04 Å². The SMILES string of the molecule is COc1ccccc1C(N)c1noc(C)n1. The van der Waals surface area contributed by atoms with Crippen LogP contribution in [0.1, 0.15) is 23.3 Å². The first kappa shape index (κ1) is 10.6. The zero-order valence-electron chi connectivity index (χ0n) is 9.18. The summed E-state index contributed by atoms with van der Waals surface area (Å²) in [5.41, 5.74) is 6.88. The molecule has 0 spiro atoms. The molecule has 0 saturated heterocycles. The van der Waals surface area contributed by atoms with E-state index in [2.05, 4.69) is 10.1 Å². The quantitative estimate of drug-likeness (QED) is 0.845. The number of methoxy groups -OCH3 is 1. The largest absolute Gasteiger partial charge is 0.496 e. The van der Waals surface area contributed by atoms with E-state index in [9.17, 15) is 0 Å². The van der Waals surface area contributed by atoms with Crippen molar-refractivity contribution in [2.24, 2.45) is 5.73 Å². The van der Waals surface area contributed by atoms with Gasteiger partial charge in [-0.15, -0.1) is 0 Å². The Balaban J connectivity index is 2.36. The molecule has 0 aliphatic rings. The Morgan fingerprint density at radius 2 is 2.12 bits per heavy atom. The van der Waals surface area contributed by atoms with E-state index in [1.165, 1.54) is 0 Å². The predicted molar refractivity (Wildman–Crippen MR) is 58.1 cm³/mol. The van der Waals surface area contributed by atoms with Gasteiger partial charge >= 0.3 is 0 Å². The molecule has 5 heteroatoms. The van der Waals surface area contributed by atoms with Crippen LogP contribution in [0.5, 0.6) is 5.75 Å². The molecule has 0 aliphatic carbocycles.